The molecule has 1 saturated heterocycles. The molecule has 0 aromatic rings. The number of carbonyl (C=O) groups excluding carboxylic acids is 1. The van der Waals surface area contributed by atoms with Crippen LogP contribution in [0.3, 0.4) is 0 Å². The molecular formula is C14H27NO3S. The first-order valence-corrected chi connectivity index (χ1v) is 8.15. The first kappa shape index (κ1) is 16.8. The molecule has 3 unspecified atom stereocenters. The molecule has 3 atom stereocenters. The molecule has 1 rings (SSSR count). The number of esters is 1. The van der Waals surface area contributed by atoms with Gasteiger partial charge in [0, 0.05) is 11.9 Å². The number of rotatable bonds is 8. The van der Waals surface area contributed by atoms with Crippen LogP contribution in [0.2, 0.25) is 0 Å². The lowest BCUT2D eigenvalue weighted by molar-refractivity contribution is -0.148. The fourth-order valence-electron chi connectivity index (χ4n) is 2.47. The number of carbonyl (C=O) groups is 1. The zero-order valence-corrected chi connectivity index (χ0v) is 13.3. The lowest BCUT2D eigenvalue weighted by atomic mass is 9.96. The van der Waals surface area contributed by atoms with Crippen LogP contribution >= 0.6 is 11.8 Å². The summed E-state index contributed by atoms with van der Waals surface area (Å²) in [6.45, 7) is 7.73. The maximum Gasteiger partial charge on any atom is 0.325 e. The van der Waals surface area contributed by atoms with Crippen molar-refractivity contribution < 1.29 is 14.3 Å². The van der Waals surface area contributed by atoms with Crippen molar-refractivity contribution in [2.45, 2.75) is 56.9 Å². The third-order valence-corrected chi connectivity index (χ3v) is 5.23. The van der Waals surface area contributed by atoms with Crippen LogP contribution < -0.4 is 5.32 Å². The molecule has 0 saturated carbocycles. The van der Waals surface area contributed by atoms with Gasteiger partial charge in [0.15, 0.2) is 0 Å². The molecule has 1 fully saturated rings. The molecule has 1 aliphatic heterocycles. The number of hydrogen-bond acceptors (Lipinski definition) is 5. The van der Waals surface area contributed by atoms with E-state index in [1.165, 1.54) is 7.11 Å². The van der Waals surface area contributed by atoms with Crippen LogP contribution in [-0.2, 0) is 14.3 Å². The summed E-state index contributed by atoms with van der Waals surface area (Å²) in [7, 11) is 1.45. The number of methoxy groups -OCH3 is 1. The summed E-state index contributed by atoms with van der Waals surface area (Å²) in [5.41, 5.74) is -0.554. The van der Waals surface area contributed by atoms with Gasteiger partial charge in [-0.15, -0.1) is 0 Å². The summed E-state index contributed by atoms with van der Waals surface area (Å²) in [6, 6.07) is 0. The second-order valence-corrected chi connectivity index (χ2v) is 6.58. The van der Waals surface area contributed by atoms with Gasteiger partial charge in [0.05, 0.1) is 13.2 Å². The van der Waals surface area contributed by atoms with Crippen molar-refractivity contribution >= 4 is 17.7 Å². The zero-order valence-electron chi connectivity index (χ0n) is 12.5. The molecule has 1 aliphatic rings. The van der Waals surface area contributed by atoms with E-state index >= 15 is 0 Å². The van der Waals surface area contributed by atoms with Crippen LogP contribution in [0.5, 0.6) is 0 Å². The Kier molecular flexibility index (Phi) is 7.18. The van der Waals surface area contributed by atoms with Crippen molar-refractivity contribution in [3.8, 4) is 0 Å². The van der Waals surface area contributed by atoms with Gasteiger partial charge in [0.1, 0.15) is 5.54 Å². The molecule has 4 nitrogen and oxygen atoms in total. The van der Waals surface area contributed by atoms with E-state index in [9.17, 15) is 4.79 Å². The minimum Gasteiger partial charge on any atom is -0.468 e. The third-order valence-electron chi connectivity index (χ3n) is 3.66. The number of likely N-dealkylation sites (N-methyl/N-ethyl adjacent to an activating group) is 1. The second kappa shape index (κ2) is 8.12. The lowest BCUT2D eigenvalue weighted by Gasteiger charge is -2.27. The predicted octanol–water partition coefficient (Wildman–Crippen LogP) is 2.22. The molecule has 0 radical (unpaired) electrons. The summed E-state index contributed by atoms with van der Waals surface area (Å²) in [5.74, 6) is 0.896. The SMILES string of the molecule is CCNC(C)(CCCSC1CCOC1C)C(=O)OC. The fourth-order valence-corrected chi connectivity index (χ4v) is 3.70. The summed E-state index contributed by atoms with van der Waals surface area (Å²) in [4.78, 5) is 11.8. The van der Waals surface area contributed by atoms with Crippen LogP contribution in [0.15, 0.2) is 0 Å². The lowest BCUT2D eigenvalue weighted by Crippen LogP contribution is -2.50. The quantitative estimate of drug-likeness (QED) is 0.548. The molecule has 0 spiro atoms. The largest absolute Gasteiger partial charge is 0.468 e. The van der Waals surface area contributed by atoms with Crippen LogP contribution in [-0.4, -0.2) is 48.9 Å². The molecule has 19 heavy (non-hydrogen) atoms. The Bertz CT molecular complexity index is 288. The van der Waals surface area contributed by atoms with Gasteiger partial charge in [0.25, 0.3) is 0 Å². The minimum atomic E-state index is -0.554. The van der Waals surface area contributed by atoms with Gasteiger partial charge in [-0.05, 0) is 45.4 Å². The topological polar surface area (TPSA) is 47.6 Å². The van der Waals surface area contributed by atoms with E-state index in [1.807, 2.05) is 25.6 Å². The van der Waals surface area contributed by atoms with Crippen molar-refractivity contribution in [3.63, 3.8) is 0 Å². The van der Waals surface area contributed by atoms with E-state index < -0.39 is 5.54 Å². The highest BCUT2D eigenvalue weighted by atomic mass is 32.2. The second-order valence-electron chi connectivity index (χ2n) is 5.23. The van der Waals surface area contributed by atoms with Crippen molar-refractivity contribution in [1.82, 2.24) is 5.32 Å². The molecule has 5 heteroatoms. The summed E-state index contributed by atoms with van der Waals surface area (Å²) in [6.07, 6.45) is 3.33. The highest BCUT2D eigenvalue weighted by Crippen LogP contribution is 2.27. The van der Waals surface area contributed by atoms with Gasteiger partial charge in [-0.1, -0.05) is 6.92 Å². The Morgan fingerprint density at radius 3 is 2.84 bits per heavy atom. The Morgan fingerprint density at radius 1 is 1.58 bits per heavy atom. The molecule has 0 aliphatic carbocycles. The van der Waals surface area contributed by atoms with E-state index in [1.54, 1.807) is 0 Å². The molecule has 1 N–H and O–H groups in total. The minimum absolute atomic E-state index is 0.170. The maximum absolute atomic E-state index is 11.8. The maximum atomic E-state index is 11.8. The van der Waals surface area contributed by atoms with E-state index in [0.29, 0.717) is 11.4 Å². The Morgan fingerprint density at radius 2 is 2.32 bits per heavy atom. The average molecular weight is 289 g/mol. The molecule has 1 heterocycles. The molecule has 0 aromatic heterocycles. The van der Waals surface area contributed by atoms with E-state index in [4.69, 9.17) is 9.47 Å². The summed E-state index contributed by atoms with van der Waals surface area (Å²) < 4.78 is 10.4. The molecule has 0 aromatic carbocycles. The van der Waals surface area contributed by atoms with Gasteiger partial charge in [-0.25, -0.2) is 0 Å². The standard InChI is InChI=1S/C14H27NO3S/c1-5-15-14(3,13(16)17-4)8-6-10-19-12-7-9-18-11(12)2/h11-12,15H,5-10H2,1-4H3. The van der Waals surface area contributed by atoms with Crippen LogP contribution in [0.1, 0.15) is 40.0 Å². The number of thioether (sulfide) groups is 1. The van der Waals surface area contributed by atoms with E-state index in [0.717, 1.165) is 38.2 Å². The number of hydrogen-bond donors (Lipinski definition) is 1. The highest BCUT2D eigenvalue weighted by Gasteiger charge is 2.33. The van der Waals surface area contributed by atoms with Crippen LogP contribution in [0, 0.1) is 0 Å². The van der Waals surface area contributed by atoms with Crippen molar-refractivity contribution in [2.75, 3.05) is 26.0 Å². The molecule has 112 valence electrons. The molecule has 0 amide bonds. The van der Waals surface area contributed by atoms with Gasteiger partial charge in [-0.3, -0.25) is 4.79 Å². The van der Waals surface area contributed by atoms with Gasteiger partial charge < -0.3 is 14.8 Å². The third kappa shape index (κ3) is 4.97. The molecule has 0 bridgehead atoms. The average Bonchev–Trinajstić information content (AvgIpc) is 2.79. The molecular weight excluding hydrogens is 262 g/mol. The Hall–Kier alpha value is -0.260. The Labute approximate surface area is 121 Å². The predicted molar refractivity (Wildman–Crippen MR) is 79.6 cm³/mol. The van der Waals surface area contributed by atoms with Crippen LogP contribution in [0.25, 0.3) is 0 Å². The van der Waals surface area contributed by atoms with Crippen molar-refractivity contribution in [1.29, 1.82) is 0 Å². The highest BCUT2D eigenvalue weighted by molar-refractivity contribution is 7.99. The van der Waals surface area contributed by atoms with Crippen molar-refractivity contribution in [3.05, 3.63) is 0 Å². The summed E-state index contributed by atoms with van der Waals surface area (Å²) in [5, 5.41) is 3.85. The first-order valence-electron chi connectivity index (χ1n) is 7.10. The van der Waals surface area contributed by atoms with Crippen molar-refractivity contribution in [2.24, 2.45) is 0 Å². The smallest absolute Gasteiger partial charge is 0.325 e. The van der Waals surface area contributed by atoms with Crippen LogP contribution in [0.4, 0.5) is 0 Å². The van der Waals surface area contributed by atoms with E-state index in [-0.39, 0.29) is 5.97 Å². The monoisotopic (exact) mass is 289 g/mol. The van der Waals surface area contributed by atoms with Gasteiger partial charge in [0.2, 0.25) is 0 Å². The zero-order chi connectivity index (χ0) is 14.3. The fraction of sp³-hybridized carbons (Fsp3) is 0.929. The van der Waals surface area contributed by atoms with Gasteiger partial charge >= 0.3 is 5.97 Å². The Balaban J connectivity index is 2.30. The van der Waals surface area contributed by atoms with Gasteiger partial charge in [-0.2, -0.15) is 11.8 Å². The first-order chi connectivity index (χ1) is 9.03. The number of ether oxygens (including phenoxy) is 2. The normalized spacial score (nSPS) is 26.1. The van der Waals surface area contributed by atoms with E-state index in [2.05, 4.69) is 12.2 Å². The summed E-state index contributed by atoms with van der Waals surface area (Å²) >= 11 is 1.97. The number of nitrogens with one attached hydrogen (secondary N) is 1.